The van der Waals surface area contributed by atoms with Gasteiger partial charge < -0.3 is 10.7 Å². The Bertz CT molecular complexity index is 502. The lowest BCUT2D eigenvalue weighted by Gasteiger charge is -2.01. The summed E-state index contributed by atoms with van der Waals surface area (Å²) in [7, 11) is 0. The molecule has 0 saturated heterocycles. The van der Waals surface area contributed by atoms with Crippen LogP contribution < -0.4 is 5.73 Å². The van der Waals surface area contributed by atoms with Gasteiger partial charge in [0.2, 0.25) is 0 Å². The Morgan fingerprint density at radius 3 is 2.61 bits per heavy atom. The molecule has 96 valence electrons. The van der Waals surface area contributed by atoms with Crippen LogP contribution in [0, 0.1) is 6.92 Å². The largest absolute Gasteiger partial charge is 0.346 e. The van der Waals surface area contributed by atoms with Crippen molar-refractivity contribution in [3.05, 3.63) is 35.8 Å². The molecule has 3 N–H and O–H groups in total. The number of benzene rings is 1. The van der Waals surface area contributed by atoms with Crippen LogP contribution in [-0.4, -0.2) is 22.3 Å². The predicted octanol–water partition coefficient (Wildman–Crippen LogP) is 3.00. The minimum atomic E-state index is 0.623. The number of imidazole rings is 1. The molecular weight excluding hydrogens is 242 g/mol. The summed E-state index contributed by atoms with van der Waals surface area (Å²) in [5.74, 6) is 2.07. The number of rotatable bonds is 5. The van der Waals surface area contributed by atoms with Gasteiger partial charge in [-0.15, -0.1) is 11.8 Å². The van der Waals surface area contributed by atoms with Gasteiger partial charge in [0.15, 0.2) is 0 Å². The zero-order valence-corrected chi connectivity index (χ0v) is 11.7. The summed E-state index contributed by atoms with van der Waals surface area (Å²) < 4.78 is 0. The van der Waals surface area contributed by atoms with Crippen LogP contribution in [0.25, 0.3) is 11.3 Å². The highest BCUT2D eigenvalue weighted by molar-refractivity contribution is 7.99. The zero-order valence-electron chi connectivity index (χ0n) is 10.9. The third-order valence-electron chi connectivity index (χ3n) is 2.75. The molecule has 2 rings (SSSR count). The first-order valence-corrected chi connectivity index (χ1v) is 7.22. The molecule has 0 spiro atoms. The number of nitrogens with two attached hydrogens (primary N) is 1. The van der Waals surface area contributed by atoms with E-state index in [0.29, 0.717) is 6.54 Å². The van der Waals surface area contributed by atoms with Crippen molar-refractivity contribution in [1.82, 2.24) is 9.97 Å². The third kappa shape index (κ3) is 2.94. The summed E-state index contributed by atoms with van der Waals surface area (Å²) in [4.78, 5) is 9.19. The Hall–Kier alpha value is -1.26. The highest BCUT2D eigenvalue weighted by Crippen LogP contribution is 2.25. The van der Waals surface area contributed by atoms with Crippen molar-refractivity contribution in [2.75, 3.05) is 12.3 Å². The maximum Gasteiger partial charge on any atom is 0.108 e. The van der Waals surface area contributed by atoms with E-state index in [2.05, 4.69) is 48.1 Å². The Labute approximate surface area is 112 Å². The lowest BCUT2D eigenvalue weighted by atomic mass is 10.1. The van der Waals surface area contributed by atoms with Crippen molar-refractivity contribution in [2.24, 2.45) is 5.73 Å². The van der Waals surface area contributed by atoms with E-state index in [1.165, 1.54) is 4.90 Å². The van der Waals surface area contributed by atoms with Gasteiger partial charge in [-0.05, 0) is 31.4 Å². The number of aryl methyl sites for hydroxylation is 1. The first kappa shape index (κ1) is 13.2. The highest BCUT2D eigenvalue weighted by atomic mass is 32.2. The number of aromatic amines is 1. The average molecular weight is 261 g/mol. The number of nitrogens with zero attached hydrogens (tertiary/aromatic N) is 1. The molecule has 0 saturated carbocycles. The molecule has 1 aromatic heterocycles. The molecule has 1 aromatic carbocycles. The van der Waals surface area contributed by atoms with E-state index in [9.17, 15) is 0 Å². The van der Waals surface area contributed by atoms with Crippen LogP contribution in [0.4, 0.5) is 0 Å². The molecule has 0 radical (unpaired) electrons. The van der Waals surface area contributed by atoms with Crippen molar-refractivity contribution in [3.63, 3.8) is 0 Å². The fourth-order valence-electron chi connectivity index (χ4n) is 1.93. The van der Waals surface area contributed by atoms with E-state index in [1.807, 2.05) is 11.8 Å². The quantitative estimate of drug-likeness (QED) is 0.814. The second-order valence-corrected chi connectivity index (χ2v) is 5.49. The monoisotopic (exact) mass is 261 g/mol. The fraction of sp³-hybridized carbons (Fsp3) is 0.357. The maximum atomic E-state index is 5.55. The Kier molecular flexibility index (Phi) is 4.44. The average Bonchev–Trinajstić information content (AvgIpc) is 2.72. The first-order chi connectivity index (χ1) is 8.74. The Balaban J connectivity index is 2.24. The molecule has 18 heavy (non-hydrogen) atoms. The van der Waals surface area contributed by atoms with E-state index in [-0.39, 0.29) is 0 Å². The maximum absolute atomic E-state index is 5.55. The summed E-state index contributed by atoms with van der Waals surface area (Å²) in [5.41, 5.74) is 8.85. The van der Waals surface area contributed by atoms with E-state index in [1.54, 1.807) is 0 Å². The van der Waals surface area contributed by atoms with Gasteiger partial charge in [-0.25, -0.2) is 4.98 Å². The molecule has 4 heteroatoms. The molecule has 0 amide bonds. The van der Waals surface area contributed by atoms with Crippen LogP contribution in [0.1, 0.15) is 18.4 Å². The van der Waals surface area contributed by atoms with E-state index < -0.39 is 0 Å². The van der Waals surface area contributed by atoms with Crippen LogP contribution in [0.5, 0.6) is 0 Å². The second kappa shape index (κ2) is 6.07. The smallest absolute Gasteiger partial charge is 0.108 e. The standard InChI is InChI=1S/C14H19N3S/c1-3-18-12-6-4-11(5-7-12)14-10(2)16-13(17-14)8-9-15/h4-7H,3,8-9,15H2,1-2H3,(H,16,17). The summed E-state index contributed by atoms with van der Waals surface area (Å²) >= 11 is 1.85. The molecule has 0 unspecified atom stereocenters. The molecular formula is C14H19N3S. The van der Waals surface area contributed by atoms with Gasteiger partial charge >= 0.3 is 0 Å². The van der Waals surface area contributed by atoms with Crippen LogP contribution in [0.2, 0.25) is 0 Å². The van der Waals surface area contributed by atoms with Gasteiger partial charge in [-0.3, -0.25) is 0 Å². The van der Waals surface area contributed by atoms with Crippen molar-refractivity contribution in [2.45, 2.75) is 25.2 Å². The van der Waals surface area contributed by atoms with Gasteiger partial charge in [0, 0.05) is 22.6 Å². The number of H-pyrrole nitrogens is 1. The molecule has 0 aliphatic carbocycles. The lowest BCUT2D eigenvalue weighted by molar-refractivity contribution is 0.891. The molecule has 0 aliphatic heterocycles. The first-order valence-electron chi connectivity index (χ1n) is 6.23. The SMILES string of the molecule is CCSc1ccc(-c2nc(CCN)[nH]c2C)cc1. The second-order valence-electron chi connectivity index (χ2n) is 4.15. The summed E-state index contributed by atoms with van der Waals surface area (Å²) in [6.45, 7) is 4.84. The van der Waals surface area contributed by atoms with Crippen LogP contribution in [-0.2, 0) is 6.42 Å². The minimum Gasteiger partial charge on any atom is -0.346 e. The van der Waals surface area contributed by atoms with Crippen LogP contribution in [0.15, 0.2) is 29.2 Å². The van der Waals surface area contributed by atoms with Crippen LogP contribution >= 0.6 is 11.8 Å². The lowest BCUT2D eigenvalue weighted by Crippen LogP contribution is -2.03. The predicted molar refractivity (Wildman–Crippen MR) is 77.9 cm³/mol. The molecule has 2 aromatic rings. The normalized spacial score (nSPS) is 10.8. The third-order valence-corrected chi connectivity index (χ3v) is 3.65. The molecule has 0 aliphatic rings. The van der Waals surface area contributed by atoms with E-state index in [4.69, 9.17) is 5.73 Å². The molecule has 0 atom stereocenters. The van der Waals surface area contributed by atoms with Crippen molar-refractivity contribution >= 4 is 11.8 Å². The summed E-state index contributed by atoms with van der Waals surface area (Å²) in [5, 5.41) is 0. The fourth-order valence-corrected chi connectivity index (χ4v) is 2.60. The molecule has 0 bridgehead atoms. The number of hydrogen-bond acceptors (Lipinski definition) is 3. The highest BCUT2D eigenvalue weighted by Gasteiger charge is 2.08. The van der Waals surface area contributed by atoms with Crippen molar-refractivity contribution in [3.8, 4) is 11.3 Å². The summed E-state index contributed by atoms with van der Waals surface area (Å²) in [6.07, 6.45) is 0.796. The molecule has 3 nitrogen and oxygen atoms in total. The summed E-state index contributed by atoms with van der Waals surface area (Å²) in [6, 6.07) is 8.57. The van der Waals surface area contributed by atoms with Crippen molar-refractivity contribution < 1.29 is 0 Å². The number of nitrogens with one attached hydrogen (secondary N) is 1. The molecule has 0 fully saturated rings. The van der Waals surface area contributed by atoms with Gasteiger partial charge in [-0.1, -0.05) is 19.1 Å². The van der Waals surface area contributed by atoms with Crippen LogP contribution in [0.3, 0.4) is 0 Å². The van der Waals surface area contributed by atoms with Crippen molar-refractivity contribution in [1.29, 1.82) is 0 Å². The van der Waals surface area contributed by atoms with Gasteiger partial charge in [-0.2, -0.15) is 0 Å². The van der Waals surface area contributed by atoms with E-state index >= 15 is 0 Å². The topological polar surface area (TPSA) is 54.7 Å². The number of hydrogen-bond donors (Lipinski definition) is 2. The van der Waals surface area contributed by atoms with Gasteiger partial charge in [0.1, 0.15) is 5.82 Å². The minimum absolute atomic E-state index is 0.623. The Morgan fingerprint density at radius 2 is 2.00 bits per heavy atom. The Morgan fingerprint density at radius 1 is 1.28 bits per heavy atom. The molecule has 1 heterocycles. The van der Waals surface area contributed by atoms with Gasteiger partial charge in [0.05, 0.1) is 5.69 Å². The number of thioether (sulfide) groups is 1. The van der Waals surface area contributed by atoms with Gasteiger partial charge in [0.25, 0.3) is 0 Å². The number of aromatic nitrogens is 2. The van der Waals surface area contributed by atoms with E-state index in [0.717, 1.165) is 34.9 Å². The zero-order chi connectivity index (χ0) is 13.0.